The molecule has 1 nitrogen and oxygen atoms in total. The molecule has 102 valence electrons. The maximum absolute atomic E-state index is 2.69. The van der Waals surface area contributed by atoms with Gasteiger partial charge in [0.05, 0.1) is 0 Å². The smallest absolute Gasteiger partial charge is 0.0244 e. The maximum atomic E-state index is 2.69. The molecule has 0 aliphatic heterocycles. The third-order valence-electron chi connectivity index (χ3n) is 5.63. The van der Waals surface area contributed by atoms with Crippen LogP contribution in [-0.4, -0.2) is 23.5 Å². The van der Waals surface area contributed by atoms with Gasteiger partial charge in [-0.1, -0.05) is 47.5 Å². The van der Waals surface area contributed by atoms with E-state index in [1.54, 1.807) is 0 Å². The molecule has 0 amide bonds. The van der Waals surface area contributed by atoms with E-state index in [1.807, 2.05) is 0 Å². The molecule has 4 unspecified atom stereocenters. The fourth-order valence-corrected chi connectivity index (χ4v) is 4.24. The largest absolute Gasteiger partial charge is 0.297 e. The molecule has 17 heavy (non-hydrogen) atoms. The topological polar surface area (TPSA) is 3.24 Å². The number of hydrogen-bond donors (Lipinski definition) is 0. The summed E-state index contributed by atoms with van der Waals surface area (Å²) in [6.45, 7) is 14.4. The van der Waals surface area contributed by atoms with Crippen LogP contribution in [0.15, 0.2) is 0 Å². The molecule has 1 rings (SSSR count). The first-order valence-corrected chi connectivity index (χ1v) is 7.67. The predicted molar refractivity (Wildman–Crippen MR) is 77.3 cm³/mol. The quantitative estimate of drug-likeness (QED) is 0.629. The molecule has 0 radical (unpaired) electrons. The Labute approximate surface area is 109 Å². The lowest BCUT2D eigenvalue weighted by molar-refractivity contribution is 0.130. The van der Waals surface area contributed by atoms with Crippen LogP contribution in [0.5, 0.6) is 0 Å². The Bertz CT molecular complexity index is 234. The van der Waals surface area contributed by atoms with Crippen LogP contribution in [0.3, 0.4) is 0 Å². The average molecular weight is 239 g/mol. The van der Waals surface area contributed by atoms with Gasteiger partial charge in [-0.05, 0) is 44.6 Å². The number of hydrogen-bond acceptors (Lipinski definition) is 1. The van der Waals surface area contributed by atoms with Crippen molar-refractivity contribution >= 4 is 0 Å². The summed E-state index contributed by atoms with van der Waals surface area (Å²) in [5, 5.41) is 0. The van der Waals surface area contributed by atoms with E-state index in [2.05, 4.69) is 53.5 Å². The highest BCUT2D eigenvalue weighted by molar-refractivity contribution is 5.15. The molecule has 1 saturated carbocycles. The van der Waals surface area contributed by atoms with Crippen molar-refractivity contribution in [1.82, 2.24) is 4.90 Å². The van der Waals surface area contributed by atoms with Gasteiger partial charge >= 0.3 is 0 Å². The van der Waals surface area contributed by atoms with Crippen LogP contribution in [0.1, 0.15) is 67.2 Å². The highest BCUT2D eigenvalue weighted by Crippen LogP contribution is 2.59. The summed E-state index contributed by atoms with van der Waals surface area (Å²) < 4.78 is 0. The van der Waals surface area contributed by atoms with Crippen molar-refractivity contribution in [3.8, 4) is 0 Å². The molecule has 1 fully saturated rings. The third-order valence-corrected chi connectivity index (χ3v) is 5.63. The lowest BCUT2D eigenvalue weighted by Crippen LogP contribution is -2.42. The fourth-order valence-electron chi connectivity index (χ4n) is 4.24. The van der Waals surface area contributed by atoms with Crippen molar-refractivity contribution in [1.29, 1.82) is 0 Å². The summed E-state index contributed by atoms with van der Waals surface area (Å²) >= 11 is 0. The van der Waals surface area contributed by atoms with Gasteiger partial charge < -0.3 is 0 Å². The first-order valence-electron chi connectivity index (χ1n) is 7.67. The Morgan fingerprint density at radius 1 is 1.18 bits per heavy atom. The first kappa shape index (κ1) is 15.0. The molecule has 1 aliphatic rings. The molecule has 0 N–H and O–H groups in total. The molecule has 0 spiro atoms. The Balaban J connectivity index is 2.70. The highest BCUT2D eigenvalue weighted by Gasteiger charge is 2.62. The van der Waals surface area contributed by atoms with Crippen molar-refractivity contribution in [2.75, 3.05) is 7.05 Å². The number of nitrogens with zero attached hydrogens (tertiary/aromatic N) is 1. The monoisotopic (exact) mass is 239 g/mol. The molecule has 0 bridgehead atoms. The van der Waals surface area contributed by atoms with Crippen molar-refractivity contribution in [3.05, 3.63) is 0 Å². The van der Waals surface area contributed by atoms with Gasteiger partial charge in [0.25, 0.3) is 0 Å². The average Bonchev–Trinajstić information content (AvgIpc) is 2.85. The Hall–Kier alpha value is -0.0400. The van der Waals surface area contributed by atoms with Crippen molar-refractivity contribution in [2.45, 2.75) is 78.8 Å². The van der Waals surface area contributed by atoms with Crippen molar-refractivity contribution < 1.29 is 0 Å². The summed E-state index contributed by atoms with van der Waals surface area (Å²) in [5.74, 6) is 2.67. The van der Waals surface area contributed by atoms with Gasteiger partial charge in [0, 0.05) is 11.6 Å². The van der Waals surface area contributed by atoms with E-state index < -0.39 is 0 Å². The van der Waals surface area contributed by atoms with Gasteiger partial charge in [-0.15, -0.1) is 0 Å². The minimum atomic E-state index is 0.464. The van der Waals surface area contributed by atoms with Gasteiger partial charge in [-0.3, -0.25) is 4.90 Å². The second-order valence-corrected chi connectivity index (χ2v) is 6.39. The normalized spacial score (nSPS) is 34.4. The SMILES string of the molecule is CCCC(C)C1C(C)C1(C)N(C)C(CC)CC. The molecule has 1 aliphatic carbocycles. The van der Waals surface area contributed by atoms with Gasteiger partial charge in [-0.2, -0.15) is 0 Å². The Kier molecular flexibility index (Phi) is 5.07. The third kappa shape index (κ3) is 2.54. The summed E-state index contributed by atoms with van der Waals surface area (Å²) in [4.78, 5) is 2.69. The Morgan fingerprint density at radius 3 is 2.12 bits per heavy atom. The molecule has 0 aromatic carbocycles. The lowest BCUT2D eigenvalue weighted by atomic mass is 9.96. The molecular formula is C16H33N. The lowest BCUT2D eigenvalue weighted by Gasteiger charge is -2.34. The van der Waals surface area contributed by atoms with Crippen LogP contribution in [0.2, 0.25) is 0 Å². The van der Waals surface area contributed by atoms with Gasteiger partial charge in [-0.25, -0.2) is 0 Å². The zero-order chi connectivity index (χ0) is 13.2. The molecule has 0 heterocycles. The van der Waals surface area contributed by atoms with Gasteiger partial charge in [0.2, 0.25) is 0 Å². The molecule has 4 atom stereocenters. The standard InChI is InChI=1S/C16H33N/c1-8-11-12(4)15-13(5)16(15,6)17(7)14(9-2)10-3/h12-15H,8-11H2,1-7H3. The zero-order valence-corrected chi connectivity index (χ0v) is 13.1. The van der Waals surface area contributed by atoms with Crippen LogP contribution >= 0.6 is 0 Å². The summed E-state index contributed by atoms with van der Waals surface area (Å²) in [6.07, 6.45) is 5.28. The van der Waals surface area contributed by atoms with E-state index in [9.17, 15) is 0 Å². The first-order chi connectivity index (χ1) is 7.94. The van der Waals surface area contributed by atoms with Crippen LogP contribution in [0.25, 0.3) is 0 Å². The van der Waals surface area contributed by atoms with E-state index in [1.165, 1.54) is 25.7 Å². The summed E-state index contributed by atoms with van der Waals surface area (Å²) in [5.41, 5.74) is 0.464. The second-order valence-electron chi connectivity index (χ2n) is 6.39. The van der Waals surface area contributed by atoms with E-state index in [-0.39, 0.29) is 0 Å². The molecule has 0 aromatic heterocycles. The van der Waals surface area contributed by atoms with E-state index in [0.717, 1.165) is 23.8 Å². The summed E-state index contributed by atoms with van der Waals surface area (Å²) in [6, 6.07) is 0.765. The molecular weight excluding hydrogens is 206 g/mol. The van der Waals surface area contributed by atoms with Crippen LogP contribution < -0.4 is 0 Å². The van der Waals surface area contributed by atoms with Crippen molar-refractivity contribution in [3.63, 3.8) is 0 Å². The molecule has 0 aromatic rings. The molecule has 0 saturated heterocycles. The summed E-state index contributed by atoms with van der Waals surface area (Å²) in [7, 11) is 2.35. The fraction of sp³-hybridized carbons (Fsp3) is 1.00. The van der Waals surface area contributed by atoms with E-state index in [4.69, 9.17) is 0 Å². The minimum absolute atomic E-state index is 0.464. The minimum Gasteiger partial charge on any atom is -0.297 e. The van der Waals surface area contributed by atoms with Gasteiger partial charge in [0.15, 0.2) is 0 Å². The predicted octanol–water partition coefficient (Wildman–Crippen LogP) is 4.57. The molecule has 1 heteroatoms. The van der Waals surface area contributed by atoms with E-state index in [0.29, 0.717) is 5.54 Å². The second kappa shape index (κ2) is 5.73. The van der Waals surface area contributed by atoms with Crippen molar-refractivity contribution in [2.24, 2.45) is 17.8 Å². The highest BCUT2D eigenvalue weighted by atomic mass is 15.2. The Morgan fingerprint density at radius 2 is 1.71 bits per heavy atom. The zero-order valence-electron chi connectivity index (χ0n) is 13.1. The van der Waals surface area contributed by atoms with E-state index >= 15 is 0 Å². The number of rotatable bonds is 7. The van der Waals surface area contributed by atoms with Gasteiger partial charge in [0.1, 0.15) is 0 Å². The van der Waals surface area contributed by atoms with Crippen LogP contribution in [0.4, 0.5) is 0 Å². The maximum Gasteiger partial charge on any atom is 0.0244 e. The van der Waals surface area contributed by atoms with Crippen LogP contribution in [0, 0.1) is 17.8 Å². The van der Waals surface area contributed by atoms with Crippen LogP contribution in [-0.2, 0) is 0 Å².